The van der Waals surface area contributed by atoms with Crippen molar-refractivity contribution in [2.24, 2.45) is 0 Å². The molecule has 1 atom stereocenters. The van der Waals surface area contributed by atoms with Gasteiger partial charge in [-0.15, -0.1) is 0 Å². The lowest BCUT2D eigenvalue weighted by atomic mass is 10.1. The minimum Gasteiger partial charge on any atom is -0.458 e. The molecule has 96 valence electrons. The van der Waals surface area contributed by atoms with Crippen molar-refractivity contribution in [2.45, 2.75) is 18.9 Å². The highest BCUT2D eigenvalue weighted by Crippen LogP contribution is 2.26. The number of hydrogen-bond acceptors (Lipinski definition) is 3. The van der Waals surface area contributed by atoms with E-state index in [1.807, 2.05) is 48.5 Å². The summed E-state index contributed by atoms with van der Waals surface area (Å²) in [7, 11) is 0. The van der Waals surface area contributed by atoms with Gasteiger partial charge in [-0.1, -0.05) is 24.3 Å². The molecule has 1 unspecified atom stereocenters. The van der Waals surface area contributed by atoms with Gasteiger partial charge in [-0.25, -0.2) is 0 Å². The Morgan fingerprint density at radius 2 is 1.95 bits per heavy atom. The van der Waals surface area contributed by atoms with Crippen molar-refractivity contribution < 1.29 is 9.52 Å². The molecule has 19 heavy (non-hydrogen) atoms. The molecule has 0 bridgehead atoms. The molecule has 3 aromatic rings. The number of rotatable bonds is 4. The second-order valence-corrected chi connectivity index (χ2v) is 4.56. The van der Waals surface area contributed by atoms with Gasteiger partial charge in [0.1, 0.15) is 17.4 Å². The maximum absolute atomic E-state index is 10.2. The molecule has 0 aliphatic rings. The van der Waals surface area contributed by atoms with Gasteiger partial charge >= 0.3 is 0 Å². The summed E-state index contributed by atoms with van der Waals surface area (Å²) in [5.74, 6) is 0.622. The zero-order valence-corrected chi connectivity index (χ0v) is 10.5. The zero-order valence-electron chi connectivity index (χ0n) is 10.5. The SMILES string of the molecule is OC(CCc1ccccn1)c1cc2ccccc2o1. The van der Waals surface area contributed by atoms with Gasteiger partial charge in [-0.2, -0.15) is 0 Å². The summed E-state index contributed by atoms with van der Waals surface area (Å²) in [6.07, 6.45) is 2.52. The fraction of sp³-hybridized carbons (Fsp3) is 0.188. The van der Waals surface area contributed by atoms with Crippen LogP contribution in [0.25, 0.3) is 11.0 Å². The van der Waals surface area contributed by atoms with Crippen molar-refractivity contribution in [3.8, 4) is 0 Å². The van der Waals surface area contributed by atoms with Crippen LogP contribution in [0.1, 0.15) is 24.0 Å². The molecule has 3 rings (SSSR count). The molecule has 1 aromatic carbocycles. The summed E-state index contributed by atoms with van der Waals surface area (Å²) in [5.41, 5.74) is 1.80. The van der Waals surface area contributed by atoms with Crippen LogP contribution >= 0.6 is 0 Å². The minimum atomic E-state index is -0.589. The summed E-state index contributed by atoms with van der Waals surface area (Å²) >= 11 is 0. The second-order valence-electron chi connectivity index (χ2n) is 4.56. The average molecular weight is 253 g/mol. The van der Waals surface area contributed by atoms with Crippen molar-refractivity contribution in [3.05, 3.63) is 66.2 Å². The second kappa shape index (κ2) is 5.24. The molecular weight excluding hydrogens is 238 g/mol. The van der Waals surface area contributed by atoms with E-state index >= 15 is 0 Å². The van der Waals surface area contributed by atoms with Crippen LogP contribution < -0.4 is 0 Å². The molecule has 0 aliphatic carbocycles. The van der Waals surface area contributed by atoms with E-state index in [9.17, 15) is 5.11 Å². The Morgan fingerprint density at radius 3 is 2.74 bits per heavy atom. The summed E-state index contributed by atoms with van der Waals surface area (Å²) in [6, 6.07) is 15.5. The van der Waals surface area contributed by atoms with E-state index in [1.54, 1.807) is 6.20 Å². The third kappa shape index (κ3) is 2.66. The van der Waals surface area contributed by atoms with E-state index < -0.39 is 6.10 Å². The van der Waals surface area contributed by atoms with Crippen LogP contribution in [0.4, 0.5) is 0 Å². The van der Waals surface area contributed by atoms with Crippen molar-refractivity contribution in [1.82, 2.24) is 4.98 Å². The van der Waals surface area contributed by atoms with Crippen LogP contribution in [0.5, 0.6) is 0 Å². The van der Waals surface area contributed by atoms with Crippen molar-refractivity contribution in [1.29, 1.82) is 0 Å². The molecule has 0 spiro atoms. The van der Waals surface area contributed by atoms with Gasteiger partial charge in [-0.3, -0.25) is 4.98 Å². The fourth-order valence-corrected chi connectivity index (χ4v) is 2.14. The van der Waals surface area contributed by atoms with Gasteiger partial charge in [0.15, 0.2) is 0 Å². The topological polar surface area (TPSA) is 46.3 Å². The lowest BCUT2D eigenvalue weighted by Gasteiger charge is -2.06. The molecule has 0 fully saturated rings. The monoisotopic (exact) mass is 253 g/mol. The first-order valence-corrected chi connectivity index (χ1v) is 6.39. The molecule has 0 radical (unpaired) electrons. The van der Waals surface area contributed by atoms with Crippen LogP contribution in [0, 0.1) is 0 Å². The third-order valence-electron chi connectivity index (χ3n) is 3.17. The Labute approximate surface area is 111 Å². The van der Waals surface area contributed by atoms with E-state index in [4.69, 9.17) is 4.42 Å². The predicted molar refractivity (Wildman–Crippen MR) is 73.7 cm³/mol. The number of para-hydroxylation sites is 1. The summed E-state index contributed by atoms with van der Waals surface area (Å²) in [5, 5.41) is 11.2. The quantitative estimate of drug-likeness (QED) is 0.774. The number of fused-ring (bicyclic) bond motifs is 1. The van der Waals surface area contributed by atoms with E-state index in [0.29, 0.717) is 12.2 Å². The number of benzene rings is 1. The zero-order chi connectivity index (χ0) is 13.1. The number of aryl methyl sites for hydroxylation is 1. The summed E-state index contributed by atoms with van der Waals surface area (Å²) in [4.78, 5) is 4.25. The first-order chi connectivity index (χ1) is 9.33. The highest BCUT2D eigenvalue weighted by Gasteiger charge is 2.13. The Bertz CT molecular complexity index is 628. The molecule has 2 heterocycles. The smallest absolute Gasteiger partial charge is 0.134 e. The molecular formula is C16H15NO2. The van der Waals surface area contributed by atoms with Crippen molar-refractivity contribution in [2.75, 3.05) is 0 Å². The maximum atomic E-state index is 10.2. The van der Waals surface area contributed by atoms with Crippen molar-refractivity contribution >= 4 is 11.0 Å². The molecule has 2 aromatic heterocycles. The molecule has 3 nitrogen and oxygen atoms in total. The molecule has 3 heteroatoms. The first-order valence-electron chi connectivity index (χ1n) is 6.39. The Morgan fingerprint density at radius 1 is 1.11 bits per heavy atom. The van der Waals surface area contributed by atoms with Gasteiger partial charge in [0, 0.05) is 17.3 Å². The predicted octanol–water partition coefficient (Wildman–Crippen LogP) is 3.49. The lowest BCUT2D eigenvalue weighted by molar-refractivity contribution is 0.142. The minimum absolute atomic E-state index is 0.589. The van der Waals surface area contributed by atoms with E-state index in [2.05, 4.69) is 4.98 Å². The normalized spacial score (nSPS) is 12.7. The summed E-state index contributed by atoms with van der Waals surface area (Å²) in [6.45, 7) is 0. The Balaban J connectivity index is 1.71. The number of aliphatic hydroxyl groups excluding tert-OH is 1. The van der Waals surface area contributed by atoms with E-state index in [1.165, 1.54) is 0 Å². The van der Waals surface area contributed by atoms with Crippen LogP contribution in [0.15, 0.2) is 59.1 Å². The average Bonchev–Trinajstić information content (AvgIpc) is 2.90. The number of aromatic nitrogens is 1. The van der Waals surface area contributed by atoms with Gasteiger partial charge in [0.05, 0.1) is 0 Å². The molecule has 0 saturated carbocycles. The molecule has 0 amide bonds. The molecule has 1 N–H and O–H groups in total. The van der Waals surface area contributed by atoms with Gasteiger partial charge in [-0.05, 0) is 37.1 Å². The first kappa shape index (κ1) is 11.9. The highest BCUT2D eigenvalue weighted by atomic mass is 16.4. The molecule has 0 aliphatic heterocycles. The number of hydrogen-bond donors (Lipinski definition) is 1. The third-order valence-corrected chi connectivity index (χ3v) is 3.17. The van der Waals surface area contributed by atoms with Crippen molar-refractivity contribution in [3.63, 3.8) is 0 Å². The number of nitrogens with zero attached hydrogens (tertiary/aromatic N) is 1. The number of furan rings is 1. The fourth-order valence-electron chi connectivity index (χ4n) is 2.14. The van der Waals surface area contributed by atoms with Crippen LogP contribution in [0.3, 0.4) is 0 Å². The summed E-state index contributed by atoms with van der Waals surface area (Å²) < 4.78 is 5.65. The van der Waals surface area contributed by atoms with E-state index in [-0.39, 0.29) is 0 Å². The van der Waals surface area contributed by atoms with Crippen LogP contribution in [-0.4, -0.2) is 10.1 Å². The van der Waals surface area contributed by atoms with Gasteiger partial charge in [0.2, 0.25) is 0 Å². The Kier molecular flexibility index (Phi) is 3.29. The van der Waals surface area contributed by atoms with E-state index in [0.717, 1.165) is 23.1 Å². The molecule has 0 saturated heterocycles. The van der Waals surface area contributed by atoms with Crippen LogP contribution in [0.2, 0.25) is 0 Å². The van der Waals surface area contributed by atoms with Gasteiger partial charge < -0.3 is 9.52 Å². The number of pyridine rings is 1. The Hall–Kier alpha value is -2.13. The standard InChI is InChI=1S/C16H15NO2/c18-14(9-8-13-6-3-4-10-17-13)16-11-12-5-1-2-7-15(12)19-16/h1-7,10-11,14,18H,8-9H2. The maximum Gasteiger partial charge on any atom is 0.134 e. The highest BCUT2D eigenvalue weighted by molar-refractivity contribution is 5.77. The largest absolute Gasteiger partial charge is 0.458 e. The van der Waals surface area contributed by atoms with Crippen LogP contribution in [-0.2, 0) is 6.42 Å². The lowest BCUT2D eigenvalue weighted by Crippen LogP contribution is -1.99. The number of aliphatic hydroxyl groups is 1. The van der Waals surface area contributed by atoms with Gasteiger partial charge in [0.25, 0.3) is 0 Å².